The van der Waals surface area contributed by atoms with Crippen LogP contribution in [0.4, 0.5) is 0 Å². The molecule has 1 atom stereocenters. The summed E-state index contributed by atoms with van der Waals surface area (Å²) >= 11 is 0. The van der Waals surface area contributed by atoms with Gasteiger partial charge in [0.15, 0.2) is 0 Å². The summed E-state index contributed by atoms with van der Waals surface area (Å²) in [5.41, 5.74) is 4.51. The second kappa shape index (κ2) is 7.33. The molecule has 28 heavy (non-hydrogen) atoms. The SMILES string of the molecule is CC(C)[C@H]1COC(C2=C3CCC(=C2P(c2ccccc2)c2ccccc2)C3)=N1. The summed E-state index contributed by atoms with van der Waals surface area (Å²) in [6.45, 7) is 5.19. The fourth-order valence-electron chi connectivity index (χ4n) is 4.45. The molecule has 1 heterocycles. The predicted molar refractivity (Wildman–Crippen MR) is 119 cm³/mol. The Balaban J connectivity index is 1.63. The number of ether oxygens (including phenoxy) is 1. The van der Waals surface area contributed by atoms with Crippen LogP contribution in [-0.4, -0.2) is 18.5 Å². The molecule has 3 heteroatoms. The highest BCUT2D eigenvalue weighted by Gasteiger charge is 2.39. The van der Waals surface area contributed by atoms with Crippen LogP contribution in [0, 0.1) is 5.92 Å². The molecule has 0 saturated heterocycles. The second-order valence-electron chi connectivity index (χ2n) is 8.17. The van der Waals surface area contributed by atoms with Gasteiger partial charge in [-0.2, -0.15) is 0 Å². The van der Waals surface area contributed by atoms with Gasteiger partial charge >= 0.3 is 0 Å². The molecule has 2 nitrogen and oxygen atoms in total. The van der Waals surface area contributed by atoms with Crippen molar-refractivity contribution in [2.24, 2.45) is 10.9 Å². The average molecular weight is 387 g/mol. The topological polar surface area (TPSA) is 21.6 Å². The third kappa shape index (κ3) is 3.05. The van der Waals surface area contributed by atoms with E-state index in [1.807, 2.05) is 0 Å². The molecular weight excluding hydrogens is 361 g/mol. The van der Waals surface area contributed by atoms with Crippen LogP contribution in [0.2, 0.25) is 0 Å². The summed E-state index contributed by atoms with van der Waals surface area (Å²) in [6, 6.07) is 22.3. The zero-order valence-corrected chi connectivity index (χ0v) is 17.5. The van der Waals surface area contributed by atoms with Crippen molar-refractivity contribution >= 4 is 24.4 Å². The van der Waals surface area contributed by atoms with Crippen molar-refractivity contribution in [2.45, 2.75) is 39.2 Å². The van der Waals surface area contributed by atoms with Crippen LogP contribution in [0.5, 0.6) is 0 Å². The molecule has 1 aliphatic heterocycles. The van der Waals surface area contributed by atoms with E-state index in [1.54, 1.807) is 11.1 Å². The van der Waals surface area contributed by atoms with E-state index in [9.17, 15) is 0 Å². The van der Waals surface area contributed by atoms with Crippen molar-refractivity contribution in [3.63, 3.8) is 0 Å². The van der Waals surface area contributed by atoms with Crippen LogP contribution in [0.1, 0.15) is 33.1 Å². The third-order valence-corrected chi connectivity index (χ3v) is 8.61. The van der Waals surface area contributed by atoms with Gasteiger partial charge in [0.2, 0.25) is 5.90 Å². The van der Waals surface area contributed by atoms with Crippen molar-refractivity contribution in [3.05, 3.63) is 82.7 Å². The van der Waals surface area contributed by atoms with E-state index in [-0.39, 0.29) is 6.04 Å². The largest absolute Gasteiger partial charge is 0.475 e. The number of nitrogens with zero attached hydrogens (tertiary/aromatic N) is 1. The van der Waals surface area contributed by atoms with Crippen LogP contribution in [-0.2, 0) is 4.74 Å². The lowest BCUT2D eigenvalue weighted by Crippen LogP contribution is -2.17. The van der Waals surface area contributed by atoms with Gasteiger partial charge in [0.25, 0.3) is 0 Å². The summed E-state index contributed by atoms with van der Waals surface area (Å²) in [5, 5.41) is 4.35. The van der Waals surface area contributed by atoms with Crippen molar-refractivity contribution in [3.8, 4) is 0 Å². The smallest absolute Gasteiger partial charge is 0.217 e. The fraction of sp³-hybridized carbons (Fsp3) is 0.320. The molecule has 2 aliphatic carbocycles. The molecule has 142 valence electrons. The summed E-state index contributed by atoms with van der Waals surface area (Å²) in [4.78, 5) is 5.02. The minimum atomic E-state index is -0.591. The Labute approximate surface area is 168 Å². The summed E-state index contributed by atoms with van der Waals surface area (Å²) in [5.74, 6) is 1.43. The van der Waals surface area contributed by atoms with Gasteiger partial charge in [-0.15, -0.1) is 0 Å². The number of allylic oxidation sites excluding steroid dienone is 2. The Bertz CT molecular complexity index is 933. The van der Waals surface area contributed by atoms with Gasteiger partial charge in [-0.1, -0.05) is 85.7 Å². The molecule has 1 fully saturated rings. The number of hydrogen-bond donors (Lipinski definition) is 0. The van der Waals surface area contributed by atoms with E-state index in [0.29, 0.717) is 5.92 Å². The van der Waals surface area contributed by atoms with Crippen molar-refractivity contribution < 1.29 is 4.74 Å². The molecule has 5 rings (SSSR count). The third-order valence-electron chi connectivity index (χ3n) is 5.99. The van der Waals surface area contributed by atoms with E-state index in [2.05, 4.69) is 74.5 Å². The zero-order chi connectivity index (χ0) is 19.1. The first-order chi connectivity index (χ1) is 13.7. The molecule has 0 unspecified atom stereocenters. The molecule has 0 N–H and O–H groups in total. The van der Waals surface area contributed by atoms with E-state index in [1.165, 1.54) is 34.3 Å². The number of fused-ring (bicyclic) bond motifs is 2. The summed E-state index contributed by atoms with van der Waals surface area (Å²) in [6.07, 6.45) is 3.50. The zero-order valence-electron chi connectivity index (χ0n) is 16.6. The molecular formula is C25H26NOP. The Morgan fingerprint density at radius 1 is 0.893 bits per heavy atom. The number of aliphatic imine (C=N–C) groups is 1. The minimum absolute atomic E-state index is 0.285. The molecule has 1 saturated carbocycles. The van der Waals surface area contributed by atoms with Crippen LogP contribution >= 0.6 is 7.92 Å². The lowest BCUT2D eigenvalue weighted by atomic mass is 10.1. The normalized spacial score (nSPS) is 21.1. The van der Waals surface area contributed by atoms with Crippen LogP contribution in [0.25, 0.3) is 0 Å². The molecule has 0 radical (unpaired) electrons. The summed E-state index contributed by atoms with van der Waals surface area (Å²) < 4.78 is 6.18. The standard InChI is InChI=1S/C25H26NOP/c1-17(2)22-16-27-25(26-22)23-18-13-14-19(15-18)24(23)28(20-9-5-3-6-10-20)21-11-7-4-8-12-21/h3-12,17,22H,13-16H2,1-2H3/t22-/m1/s1. The maximum Gasteiger partial charge on any atom is 0.217 e. The van der Waals surface area contributed by atoms with Crippen LogP contribution < -0.4 is 10.6 Å². The maximum atomic E-state index is 6.18. The molecule has 3 aliphatic rings. The Hall–Kier alpha value is -2.18. The van der Waals surface area contributed by atoms with Crippen molar-refractivity contribution in [1.29, 1.82) is 0 Å². The Kier molecular flexibility index (Phi) is 4.69. The van der Waals surface area contributed by atoms with Gasteiger partial charge in [-0.05, 0) is 49.0 Å². The molecule has 0 spiro atoms. The lowest BCUT2D eigenvalue weighted by Gasteiger charge is -2.26. The average Bonchev–Trinajstić information content (AvgIpc) is 3.46. The first kappa shape index (κ1) is 17.9. The number of rotatable bonds is 5. The first-order valence-electron chi connectivity index (χ1n) is 10.3. The van der Waals surface area contributed by atoms with Crippen LogP contribution in [0.3, 0.4) is 0 Å². The highest BCUT2D eigenvalue weighted by atomic mass is 31.1. The molecule has 2 aromatic carbocycles. The quantitative estimate of drug-likeness (QED) is 0.636. The summed E-state index contributed by atoms with van der Waals surface area (Å²) in [7, 11) is -0.591. The Morgan fingerprint density at radius 3 is 2.07 bits per heavy atom. The van der Waals surface area contributed by atoms with Crippen LogP contribution in [0.15, 0.2) is 87.7 Å². The predicted octanol–water partition coefficient (Wildman–Crippen LogP) is 5.32. The van der Waals surface area contributed by atoms with Crippen molar-refractivity contribution in [2.75, 3.05) is 6.61 Å². The van der Waals surface area contributed by atoms with E-state index >= 15 is 0 Å². The number of benzene rings is 2. The van der Waals surface area contributed by atoms with Crippen molar-refractivity contribution in [1.82, 2.24) is 0 Å². The van der Waals surface area contributed by atoms with E-state index in [0.717, 1.165) is 18.9 Å². The van der Waals surface area contributed by atoms with E-state index in [4.69, 9.17) is 9.73 Å². The first-order valence-corrected chi connectivity index (χ1v) is 11.6. The van der Waals surface area contributed by atoms with Gasteiger partial charge in [0, 0.05) is 5.57 Å². The molecule has 2 aromatic rings. The molecule has 2 bridgehead atoms. The number of hydrogen-bond acceptors (Lipinski definition) is 2. The van der Waals surface area contributed by atoms with Gasteiger partial charge in [-0.3, -0.25) is 0 Å². The molecule has 0 aromatic heterocycles. The van der Waals surface area contributed by atoms with Gasteiger partial charge < -0.3 is 4.74 Å². The highest BCUT2D eigenvalue weighted by molar-refractivity contribution is 7.77. The lowest BCUT2D eigenvalue weighted by molar-refractivity contribution is 0.291. The maximum absolute atomic E-state index is 6.18. The monoisotopic (exact) mass is 387 g/mol. The van der Waals surface area contributed by atoms with Gasteiger partial charge in [0.1, 0.15) is 6.61 Å². The minimum Gasteiger partial charge on any atom is -0.475 e. The second-order valence-corrected chi connectivity index (χ2v) is 10.3. The highest BCUT2D eigenvalue weighted by Crippen LogP contribution is 2.58. The van der Waals surface area contributed by atoms with Gasteiger partial charge in [-0.25, -0.2) is 4.99 Å². The molecule has 0 amide bonds. The van der Waals surface area contributed by atoms with E-state index < -0.39 is 7.92 Å². The fourth-order valence-corrected chi connectivity index (χ4v) is 7.19. The Morgan fingerprint density at radius 2 is 1.50 bits per heavy atom. The van der Waals surface area contributed by atoms with Gasteiger partial charge in [0.05, 0.1) is 6.04 Å².